The van der Waals surface area contributed by atoms with Gasteiger partial charge in [0, 0.05) is 88.2 Å². The second kappa shape index (κ2) is 42.4. The van der Waals surface area contributed by atoms with Crippen LogP contribution in [0.25, 0.3) is 32.0 Å². The van der Waals surface area contributed by atoms with Crippen molar-refractivity contribution in [3.8, 4) is 0 Å². The Morgan fingerprint density at radius 3 is 1.27 bits per heavy atom. The first-order valence-electron chi connectivity index (χ1n) is 37.9. The molecule has 12 unspecified atom stereocenters. The highest BCUT2D eigenvalue weighted by Gasteiger charge is 2.54. The number of nitrogens with one attached hydrogen (secondary N) is 6. The number of rotatable bonds is 42. The molecular formula is C71H104N16O27P2. The van der Waals surface area contributed by atoms with Crippen molar-refractivity contribution in [1.82, 2.24) is 58.1 Å². The van der Waals surface area contributed by atoms with Gasteiger partial charge in [-0.1, -0.05) is 54.9 Å². The molecule has 116 heavy (non-hydrogen) atoms. The van der Waals surface area contributed by atoms with Crippen LogP contribution in [-0.2, 0) is 93.2 Å². The van der Waals surface area contributed by atoms with Crippen molar-refractivity contribution in [3.05, 3.63) is 121 Å². The summed E-state index contributed by atoms with van der Waals surface area (Å²) < 4.78 is 129. The molecule has 18 atom stereocenters. The summed E-state index contributed by atoms with van der Waals surface area (Å²) in [5.41, 5.74) is -2.80. The molecule has 43 nitrogen and oxygen atoms in total. The third-order valence-corrected chi connectivity index (χ3v) is 23.1. The number of aliphatic hydroxyl groups excluding tert-OH is 1. The van der Waals surface area contributed by atoms with Crippen molar-refractivity contribution in [2.24, 2.45) is 35.5 Å². The molecule has 7 N–H and O–H groups in total. The number of nitrogens with zero attached hydrogens (tertiary/aromatic N) is 10. The molecule has 6 aromatic rings. The average molecular weight is 1680 g/mol. The van der Waals surface area contributed by atoms with Gasteiger partial charge in [-0.3, -0.25) is 95.6 Å². The highest BCUT2D eigenvalue weighted by Crippen LogP contribution is 2.58. The van der Waals surface area contributed by atoms with Crippen LogP contribution in [0.15, 0.2) is 53.8 Å². The molecule has 8 heterocycles. The summed E-state index contributed by atoms with van der Waals surface area (Å²) >= 11 is 0. The molecule has 2 saturated heterocycles. The Balaban J connectivity index is 0.000000265. The Kier molecular flexibility index (Phi) is 33.5. The van der Waals surface area contributed by atoms with Gasteiger partial charge in [0.15, 0.2) is 34.8 Å². The molecule has 0 radical (unpaired) electrons. The van der Waals surface area contributed by atoms with Crippen LogP contribution in [0, 0.1) is 62.5 Å². The normalized spacial score (nSPS) is 25.6. The maximum Gasteiger partial charge on any atom is 0.475 e. The van der Waals surface area contributed by atoms with Crippen molar-refractivity contribution in [2.45, 2.75) is 155 Å². The number of ether oxygens (including phenoxy) is 10. The minimum Gasteiger partial charge on any atom is -0.396 e. The number of aromatic nitrogens is 12. The van der Waals surface area contributed by atoms with E-state index in [0.29, 0.717) is 12.8 Å². The molecule has 0 bridgehead atoms. The summed E-state index contributed by atoms with van der Waals surface area (Å²) in [5, 5.41) is 15.9. The molecule has 10 rings (SSSR count). The first-order valence-corrected chi connectivity index (χ1v) is 40.8. The van der Waals surface area contributed by atoms with Crippen molar-refractivity contribution < 1.29 is 98.3 Å². The lowest BCUT2D eigenvalue weighted by Gasteiger charge is -2.30. The molecule has 0 aromatic carbocycles. The maximum atomic E-state index is 14.7. The van der Waals surface area contributed by atoms with Crippen LogP contribution < -0.4 is 44.3 Å². The fourth-order valence-electron chi connectivity index (χ4n) is 13.8. The van der Waals surface area contributed by atoms with E-state index < -0.39 is 160 Å². The van der Waals surface area contributed by atoms with Crippen molar-refractivity contribution in [3.63, 3.8) is 0 Å². The molecule has 4 fully saturated rings. The lowest BCUT2D eigenvalue weighted by atomic mass is 10.0. The number of anilines is 2. The highest BCUT2D eigenvalue weighted by molar-refractivity contribution is 7.48. The molecule has 640 valence electrons. The standard InChI is InChI=1S/C36H53N8O13P.C35H51N8O14P/c1-9-23-16-24(44-19-38-26-30(44)39-35(41-33(26)47)40-31(45)20(2)3)29(53-15-13-51-8)28(23)57-58(49,54-11-10-37-6)55-18-25-22(5)27(52-14-12-50-7)34(56-25)43-17-21(4)32(46)42-36(43)48;1-19(2)30(45)39-34-38-29-25(32(47)40-34)37-18-43(29)23-14-22(16-44)27(28(23)53-13-11-51-7)57-58(49,54-9-8-36-5)55-17-24-21(4)26(52-12-10-50-6)33(56-24)42-15-20(3)31(46)41-35(42)48/h17,19-20,22-25,27-29,34H,9-16,18H2,1-5,7-8H3,(H,42,46,48)(H2,39,40,41,45,47);15,18-19,21-24,26-28,33,44H,8-14,16-17H2,1-4,6-7H3,(H,41,46,48)(H2,38,39,40,45,47)/t22-,23?,24?,25+,27?,28?,29?,34+,58?;21-,22?,23?,24+,26?,27?,28?,33+,58?/m00/s1. The Bertz CT molecular complexity index is 4560. The predicted molar refractivity (Wildman–Crippen MR) is 411 cm³/mol. The van der Waals surface area contributed by atoms with Gasteiger partial charge in [0.2, 0.25) is 36.8 Å². The topological polar surface area (TPSA) is 506 Å². The van der Waals surface area contributed by atoms with E-state index in [1.807, 2.05) is 13.8 Å². The van der Waals surface area contributed by atoms with E-state index in [2.05, 4.69) is 60.2 Å². The van der Waals surface area contributed by atoms with Gasteiger partial charge in [-0.2, -0.15) is 9.97 Å². The van der Waals surface area contributed by atoms with Crippen LogP contribution in [-0.4, -0.2) is 251 Å². The van der Waals surface area contributed by atoms with Crippen LogP contribution in [0.3, 0.4) is 0 Å². The van der Waals surface area contributed by atoms with E-state index in [1.165, 1.54) is 69.5 Å². The zero-order valence-corrected chi connectivity index (χ0v) is 68.6. The van der Waals surface area contributed by atoms with Gasteiger partial charge in [-0.05, 0) is 32.6 Å². The number of amides is 2. The number of H-pyrrole nitrogens is 4. The van der Waals surface area contributed by atoms with E-state index >= 15 is 0 Å². The number of carbonyl (C=O) groups is 2. The molecule has 45 heteroatoms. The van der Waals surface area contributed by atoms with Crippen LogP contribution in [0.4, 0.5) is 11.9 Å². The largest absolute Gasteiger partial charge is 0.475 e. The van der Waals surface area contributed by atoms with E-state index in [0.717, 1.165) is 0 Å². The van der Waals surface area contributed by atoms with E-state index in [-0.39, 0.29) is 161 Å². The molecule has 0 spiro atoms. The predicted octanol–water partition coefficient (Wildman–Crippen LogP) is 3.75. The van der Waals surface area contributed by atoms with Crippen LogP contribution >= 0.6 is 15.6 Å². The third-order valence-electron chi connectivity index (χ3n) is 20.1. The van der Waals surface area contributed by atoms with Gasteiger partial charge in [0.1, 0.15) is 49.8 Å². The summed E-state index contributed by atoms with van der Waals surface area (Å²) in [7, 11) is -3.09. The molecule has 2 saturated carbocycles. The van der Waals surface area contributed by atoms with Gasteiger partial charge in [0.25, 0.3) is 22.2 Å². The zero-order valence-electron chi connectivity index (χ0n) is 66.9. The van der Waals surface area contributed by atoms with Gasteiger partial charge in [-0.25, -0.2) is 41.8 Å². The van der Waals surface area contributed by atoms with Crippen molar-refractivity contribution >= 4 is 61.7 Å². The van der Waals surface area contributed by atoms with Crippen LogP contribution in [0.5, 0.6) is 0 Å². The monoisotopic (exact) mass is 1670 g/mol. The van der Waals surface area contributed by atoms with Gasteiger partial charge < -0.3 is 71.3 Å². The number of hydrogen-bond acceptors (Lipinski definition) is 31. The maximum absolute atomic E-state index is 14.7. The average Bonchev–Trinajstić information content (AvgIpc) is 1.61. The minimum absolute atomic E-state index is 0.0210. The number of carbonyl (C=O) groups excluding carboxylic acids is 2. The fraction of sp³-hybridized carbons (Fsp3) is 0.690. The number of aromatic amines is 4. The molecular weight excluding hydrogens is 1570 g/mol. The summed E-state index contributed by atoms with van der Waals surface area (Å²) in [6.45, 7) is 29.2. The lowest BCUT2D eigenvalue weighted by Crippen LogP contribution is -2.38. The summed E-state index contributed by atoms with van der Waals surface area (Å²) in [6, 6.07) is -1.27. The van der Waals surface area contributed by atoms with Crippen molar-refractivity contribution in [1.29, 1.82) is 0 Å². The van der Waals surface area contributed by atoms with Crippen LogP contribution in [0.2, 0.25) is 0 Å². The lowest BCUT2D eigenvalue weighted by molar-refractivity contribution is -0.119. The number of aliphatic hydroxyl groups is 1. The second-order valence-electron chi connectivity index (χ2n) is 28.7. The number of methoxy groups -OCH3 is 4. The highest BCUT2D eigenvalue weighted by atomic mass is 31.2. The number of aryl methyl sites for hydroxylation is 2. The number of hydrogen-bond donors (Lipinski definition) is 7. The Morgan fingerprint density at radius 2 is 0.914 bits per heavy atom. The molecule has 4 aliphatic rings. The van der Waals surface area contributed by atoms with Gasteiger partial charge in [-0.15, -0.1) is 0 Å². The summed E-state index contributed by atoms with van der Waals surface area (Å²) in [4.78, 5) is 135. The SMILES string of the molecule is [C-]#[N+]CCOP(=O)(OC[C@H]1O[C@@H](n2cc(C)c(=O)[nH]c2=O)C(OCCOC)[C@H]1C)OC1C(CC)CC(n2cnc3c(=O)[nH]c(NC(=O)C(C)C)nc32)C1OCCOC.[C-]#[N+]CCOP(=O)(OC[C@H]1O[C@@H](n2cc(C)c(=O)[nH]c2=O)C(OCCOC)[C@H]1C)OC1C(CO)CC(n2cnc3c(=O)[nH]c(NC(=O)C(C)C)nc32)C1OCCOC. The number of phosphoric acid groups is 2. The van der Waals surface area contributed by atoms with Crippen LogP contribution in [0.1, 0.15) is 103 Å². The molecule has 2 aliphatic heterocycles. The number of phosphoric ester groups is 2. The Labute approximate surface area is 665 Å². The quantitative estimate of drug-likeness (QED) is 0.0163. The first kappa shape index (κ1) is 91.7. The number of fused-ring (bicyclic) bond motifs is 2. The van der Waals surface area contributed by atoms with Gasteiger partial charge >= 0.3 is 27.0 Å². The van der Waals surface area contributed by atoms with E-state index in [4.69, 9.17) is 87.7 Å². The van der Waals surface area contributed by atoms with Crippen molar-refractivity contribution in [2.75, 3.05) is 138 Å². The Hall–Kier alpha value is -8.24. The summed E-state index contributed by atoms with van der Waals surface area (Å²) in [5.74, 6) is -3.58. The van der Waals surface area contributed by atoms with E-state index in [1.54, 1.807) is 50.7 Å². The Morgan fingerprint density at radius 1 is 0.543 bits per heavy atom. The molecule has 2 aliphatic carbocycles. The molecule has 2 amide bonds. The second-order valence-corrected chi connectivity index (χ2v) is 31.9. The smallest absolute Gasteiger partial charge is 0.396 e. The molecule has 6 aromatic heterocycles. The number of imidazole rings is 2. The van der Waals surface area contributed by atoms with E-state index in [9.17, 15) is 52.6 Å². The zero-order chi connectivity index (χ0) is 84.3. The third kappa shape index (κ3) is 22.4. The first-order chi connectivity index (χ1) is 55.5. The summed E-state index contributed by atoms with van der Waals surface area (Å²) in [6.07, 6.45) is -2.30. The van der Waals surface area contributed by atoms with Gasteiger partial charge in [0.05, 0.1) is 103 Å². The minimum atomic E-state index is -4.62. The fourth-order valence-corrected chi connectivity index (χ4v) is 16.6.